The molecule has 0 aliphatic heterocycles. The van der Waals surface area contributed by atoms with Crippen LogP contribution in [-0.2, 0) is 24.4 Å². The fourth-order valence-corrected chi connectivity index (χ4v) is 4.90. The number of nitrogens with one attached hydrogen (secondary N) is 1. The first-order chi connectivity index (χ1) is 16.4. The molecule has 0 bridgehead atoms. The van der Waals surface area contributed by atoms with Crippen molar-refractivity contribution in [2.45, 2.75) is 46.1 Å². The average Bonchev–Trinajstić information content (AvgIpc) is 3.43. The van der Waals surface area contributed by atoms with Crippen LogP contribution in [0.3, 0.4) is 0 Å². The molecule has 1 aliphatic rings. The van der Waals surface area contributed by atoms with Gasteiger partial charge in [0.25, 0.3) is 0 Å². The molecule has 4 rings (SSSR count). The van der Waals surface area contributed by atoms with Crippen LogP contribution in [0.1, 0.15) is 43.9 Å². The van der Waals surface area contributed by atoms with Crippen LogP contribution in [-0.4, -0.2) is 60.6 Å². The summed E-state index contributed by atoms with van der Waals surface area (Å²) in [4.78, 5) is 16.3. The fraction of sp³-hybridized carbons (Fsp3) is 0.583. The van der Waals surface area contributed by atoms with Gasteiger partial charge in [-0.05, 0) is 38.7 Å². The zero-order valence-corrected chi connectivity index (χ0v) is 21.4. The number of rotatable bonds is 11. The molecular weight excluding hydrogens is 450 g/mol. The lowest BCUT2D eigenvalue weighted by Crippen LogP contribution is -2.30. The molecule has 10 heteroatoms. The zero-order chi connectivity index (χ0) is 24.1. The smallest absolute Gasteiger partial charge is 0.223 e. The van der Waals surface area contributed by atoms with Crippen molar-refractivity contribution in [3.05, 3.63) is 29.7 Å². The van der Waals surface area contributed by atoms with Crippen molar-refractivity contribution in [3.63, 3.8) is 0 Å². The number of nitrogens with zero attached hydrogens (tertiary/aromatic N) is 6. The molecular formula is C24H35N7O2S. The summed E-state index contributed by atoms with van der Waals surface area (Å²) in [6.45, 7) is 7.10. The van der Waals surface area contributed by atoms with Crippen LogP contribution in [0.5, 0.6) is 5.75 Å². The van der Waals surface area contributed by atoms with Gasteiger partial charge in [0.15, 0.2) is 11.4 Å². The van der Waals surface area contributed by atoms with E-state index in [0.29, 0.717) is 30.6 Å². The number of aromatic nitrogens is 5. The normalized spacial score (nSPS) is 15.1. The Labute approximate surface area is 203 Å². The van der Waals surface area contributed by atoms with Crippen LogP contribution in [0, 0.1) is 12.8 Å². The molecule has 1 aliphatic carbocycles. The van der Waals surface area contributed by atoms with E-state index in [9.17, 15) is 4.21 Å². The number of anilines is 2. The maximum Gasteiger partial charge on any atom is 0.223 e. The molecule has 184 valence electrons. The molecule has 0 radical (unpaired) electrons. The van der Waals surface area contributed by atoms with Gasteiger partial charge in [0.1, 0.15) is 5.82 Å². The van der Waals surface area contributed by atoms with Gasteiger partial charge < -0.3 is 15.0 Å². The summed E-state index contributed by atoms with van der Waals surface area (Å²) in [5.41, 5.74) is 2.99. The third-order valence-corrected chi connectivity index (χ3v) is 7.14. The van der Waals surface area contributed by atoms with Crippen molar-refractivity contribution in [3.8, 4) is 5.75 Å². The predicted octanol–water partition coefficient (Wildman–Crippen LogP) is 3.45. The number of aryl methyl sites for hydroxylation is 2. The Hall–Kier alpha value is -2.75. The average molecular weight is 486 g/mol. The molecule has 0 saturated heterocycles. The summed E-state index contributed by atoms with van der Waals surface area (Å²) in [5, 5.41) is 9.00. The number of pyridine rings is 1. The molecule has 0 spiro atoms. The van der Waals surface area contributed by atoms with Gasteiger partial charge >= 0.3 is 0 Å². The second-order valence-electron chi connectivity index (χ2n) is 8.96. The van der Waals surface area contributed by atoms with E-state index in [1.807, 2.05) is 18.7 Å². The van der Waals surface area contributed by atoms with Crippen LogP contribution < -0.4 is 15.0 Å². The van der Waals surface area contributed by atoms with Crippen LogP contribution in [0.25, 0.3) is 11.0 Å². The van der Waals surface area contributed by atoms with E-state index in [2.05, 4.69) is 38.3 Å². The molecule has 1 atom stereocenters. The van der Waals surface area contributed by atoms with E-state index in [0.717, 1.165) is 47.1 Å². The quantitative estimate of drug-likeness (QED) is 0.441. The van der Waals surface area contributed by atoms with E-state index in [1.54, 1.807) is 18.6 Å². The largest absolute Gasteiger partial charge is 0.489 e. The van der Waals surface area contributed by atoms with Crippen molar-refractivity contribution < 1.29 is 8.95 Å². The number of fused-ring (bicyclic) bond motifs is 1. The molecule has 0 aromatic carbocycles. The van der Waals surface area contributed by atoms with E-state index in [1.165, 1.54) is 25.7 Å². The lowest BCUT2D eigenvalue weighted by atomic mass is 10.1. The predicted molar refractivity (Wildman–Crippen MR) is 137 cm³/mol. The molecule has 1 unspecified atom stereocenters. The van der Waals surface area contributed by atoms with Crippen molar-refractivity contribution in [2.24, 2.45) is 13.0 Å². The standard InChI is InChI=1S/C24H35N7O2S/c1-5-31(16-18-8-6-7-9-18)22-19(12-21-17(2)29-30(3)23(21)28-22)13-25-24-26-14-20(15-27-24)33-10-11-34(4)32/h12,14-15,18H,5-11,13,16H2,1-4H3,(H,25,26,27). The van der Waals surface area contributed by atoms with Gasteiger partial charge in [0.2, 0.25) is 5.95 Å². The van der Waals surface area contributed by atoms with Gasteiger partial charge in [0.05, 0.1) is 30.4 Å². The Morgan fingerprint density at radius 1 is 1.26 bits per heavy atom. The van der Waals surface area contributed by atoms with Crippen molar-refractivity contribution in [1.29, 1.82) is 0 Å². The van der Waals surface area contributed by atoms with Crippen molar-refractivity contribution in [2.75, 3.05) is 41.9 Å². The Morgan fingerprint density at radius 3 is 2.68 bits per heavy atom. The third kappa shape index (κ3) is 5.84. The molecule has 1 saturated carbocycles. The van der Waals surface area contributed by atoms with Crippen molar-refractivity contribution >= 4 is 33.6 Å². The highest BCUT2D eigenvalue weighted by atomic mass is 32.2. The van der Waals surface area contributed by atoms with Crippen LogP contribution in [0.15, 0.2) is 18.5 Å². The Morgan fingerprint density at radius 2 is 2.00 bits per heavy atom. The SMILES string of the molecule is CCN(CC1CCCC1)c1nc2c(cc1CNc1ncc(OCCS(C)=O)cn1)c(C)nn2C. The van der Waals surface area contributed by atoms with E-state index >= 15 is 0 Å². The lowest BCUT2D eigenvalue weighted by molar-refractivity contribution is 0.340. The second-order valence-corrected chi connectivity index (χ2v) is 10.5. The minimum Gasteiger partial charge on any atom is -0.489 e. The minimum atomic E-state index is -0.882. The third-order valence-electron chi connectivity index (χ3n) is 6.39. The van der Waals surface area contributed by atoms with Gasteiger partial charge in [-0.1, -0.05) is 12.8 Å². The number of hydrogen-bond acceptors (Lipinski definition) is 8. The topological polar surface area (TPSA) is 98.1 Å². The maximum absolute atomic E-state index is 11.2. The summed E-state index contributed by atoms with van der Waals surface area (Å²) in [6.07, 6.45) is 10.2. The summed E-state index contributed by atoms with van der Waals surface area (Å²) >= 11 is 0. The Balaban J connectivity index is 1.53. The van der Waals surface area contributed by atoms with Crippen molar-refractivity contribution in [1.82, 2.24) is 24.7 Å². The van der Waals surface area contributed by atoms with E-state index in [4.69, 9.17) is 9.72 Å². The molecule has 1 fully saturated rings. The first-order valence-corrected chi connectivity index (χ1v) is 13.7. The zero-order valence-electron chi connectivity index (χ0n) is 20.6. The highest BCUT2D eigenvalue weighted by Gasteiger charge is 2.22. The van der Waals surface area contributed by atoms with Crippen LogP contribution in [0.4, 0.5) is 11.8 Å². The molecule has 34 heavy (non-hydrogen) atoms. The van der Waals surface area contributed by atoms with Gasteiger partial charge in [-0.25, -0.2) is 15.0 Å². The fourth-order valence-electron chi connectivity index (χ4n) is 4.58. The molecule has 1 N–H and O–H groups in total. The minimum absolute atomic E-state index is 0.382. The molecule has 3 heterocycles. The van der Waals surface area contributed by atoms with Gasteiger partial charge in [-0.3, -0.25) is 8.89 Å². The van der Waals surface area contributed by atoms with Gasteiger partial charge in [-0.15, -0.1) is 0 Å². The summed E-state index contributed by atoms with van der Waals surface area (Å²) in [6, 6.07) is 2.20. The monoisotopic (exact) mass is 485 g/mol. The summed E-state index contributed by atoms with van der Waals surface area (Å²) in [7, 11) is 1.07. The molecule has 3 aromatic rings. The maximum atomic E-state index is 11.2. The lowest BCUT2D eigenvalue weighted by Gasteiger charge is -2.27. The van der Waals surface area contributed by atoms with Gasteiger partial charge in [-0.2, -0.15) is 5.10 Å². The van der Waals surface area contributed by atoms with E-state index in [-0.39, 0.29) is 0 Å². The number of ether oxygens (including phenoxy) is 1. The first kappa shape index (κ1) is 24.4. The van der Waals surface area contributed by atoms with Crippen LogP contribution in [0.2, 0.25) is 0 Å². The molecule has 0 amide bonds. The Kier molecular flexibility index (Phi) is 7.97. The van der Waals surface area contributed by atoms with Gasteiger partial charge in [0, 0.05) is 54.7 Å². The first-order valence-electron chi connectivity index (χ1n) is 12.0. The second kappa shape index (κ2) is 11.1. The summed E-state index contributed by atoms with van der Waals surface area (Å²) < 4.78 is 18.6. The molecule has 3 aromatic heterocycles. The van der Waals surface area contributed by atoms with E-state index < -0.39 is 10.8 Å². The van der Waals surface area contributed by atoms with Crippen LogP contribution >= 0.6 is 0 Å². The molecule has 9 nitrogen and oxygen atoms in total. The number of hydrogen-bond donors (Lipinski definition) is 1. The highest BCUT2D eigenvalue weighted by molar-refractivity contribution is 7.84. The summed E-state index contributed by atoms with van der Waals surface area (Å²) in [5.74, 6) is 3.32. The Bertz CT molecular complexity index is 1130. The highest BCUT2D eigenvalue weighted by Crippen LogP contribution is 2.30.